The normalized spacial score (nSPS) is 38.3. The minimum absolute atomic E-state index is 0.0122. The van der Waals surface area contributed by atoms with Crippen molar-refractivity contribution in [3.8, 4) is 11.5 Å². The Balaban J connectivity index is 1.84. The van der Waals surface area contributed by atoms with Crippen molar-refractivity contribution in [2.24, 2.45) is 11.3 Å². The van der Waals surface area contributed by atoms with Crippen LogP contribution in [0.5, 0.6) is 11.5 Å². The number of hydrogen-bond donors (Lipinski definition) is 1. The van der Waals surface area contributed by atoms with Gasteiger partial charge in [0.05, 0.1) is 19.8 Å². The minimum atomic E-state index is -1.19. The Morgan fingerprint density at radius 3 is 2.68 bits per heavy atom. The molecule has 4 heteroatoms. The molecule has 1 aromatic rings. The molecule has 2 heterocycles. The number of methoxy groups -OCH3 is 2. The van der Waals surface area contributed by atoms with Crippen LogP contribution in [0.4, 0.5) is 0 Å². The van der Waals surface area contributed by atoms with Crippen molar-refractivity contribution < 1.29 is 19.3 Å². The molecule has 4 nitrogen and oxygen atoms in total. The molecule has 1 N–H and O–H groups in total. The van der Waals surface area contributed by atoms with Crippen molar-refractivity contribution in [1.29, 1.82) is 0 Å². The number of rotatable bonds is 3. The first kappa shape index (κ1) is 16.9. The van der Waals surface area contributed by atoms with Gasteiger partial charge in [0, 0.05) is 12.0 Å². The van der Waals surface area contributed by atoms with Gasteiger partial charge in [-0.05, 0) is 54.4 Å². The maximum atomic E-state index is 11.0. The van der Waals surface area contributed by atoms with Gasteiger partial charge in [0.1, 0.15) is 11.5 Å². The van der Waals surface area contributed by atoms with Crippen LogP contribution in [0.25, 0.3) is 0 Å². The lowest BCUT2D eigenvalue weighted by molar-refractivity contribution is -0.294. The standard InChI is InChI=1S/C21H28O4/c1-19(2)9-5-6-17-16(13-20(22)10-11-21(17,19)25-20)15-12-14(23-3)7-8-18(15)24-4/h7-8,10-12,16-17,22H,5-6,9,13H2,1-4H3/t16-,17-,20+,21-/m1/s1. The first-order valence-corrected chi connectivity index (χ1v) is 9.19. The summed E-state index contributed by atoms with van der Waals surface area (Å²) in [6.07, 6.45) is 7.94. The highest BCUT2D eigenvalue weighted by atomic mass is 16.6. The Labute approximate surface area is 149 Å². The van der Waals surface area contributed by atoms with E-state index in [-0.39, 0.29) is 11.3 Å². The van der Waals surface area contributed by atoms with E-state index < -0.39 is 11.4 Å². The molecule has 136 valence electrons. The zero-order valence-electron chi connectivity index (χ0n) is 15.5. The van der Waals surface area contributed by atoms with Crippen molar-refractivity contribution in [2.45, 2.75) is 56.8 Å². The number of fused-ring (bicyclic) bond motifs is 1. The van der Waals surface area contributed by atoms with Crippen LogP contribution in [0.15, 0.2) is 30.4 Å². The maximum absolute atomic E-state index is 11.0. The molecule has 4 rings (SSSR count). The molecule has 0 amide bonds. The lowest BCUT2D eigenvalue weighted by Crippen LogP contribution is -2.60. The molecular weight excluding hydrogens is 316 g/mol. The predicted molar refractivity (Wildman–Crippen MR) is 95.9 cm³/mol. The van der Waals surface area contributed by atoms with Crippen molar-refractivity contribution in [1.82, 2.24) is 0 Å². The third kappa shape index (κ3) is 2.34. The second-order valence-electron chi connectivity index (χ2n) is 8.37. The number of benzene rings is 1. The van der Waals surface area contributed by atoms with Gasteiger partial charge in [0.15, 0.2) is 5.79 Å². The summed E-state index contributed by atoms with van der Waals surface area (Å²) in [6.45, 7) is 4.53. The third-order valence-electron chi connectivity index (χ3n) is 6.70. The van der Waals surface area contributed by atoms with Gasteiger partial charge in [-0.25, -0.2) is 0 Å². The van der Waals surface area contributed by atoms with Crippen LogP contribution in [-0.2, 0) is 4.74 Å². The minimum Gasteiger partial charge on any atom is -0.497 e. The van der Waals surface area contributed by atoms with Crippen molar-refractivity contribution >= 4 is 0 Å². The summed E-state index contributed by atoms with van der Waals surface area (Å²) < 4.78 is 17.4. The summed E-state index contributed by atoms with van der Waals surface area (Å²) in [4.78, 5) is 0. The van der Waals surface area contributed by atoms with E-state index in [0.29, 0.717) is 12.3 Å². The number of aliphatic hydroxyl groups is 1. The Bertz CT molecular complexity index is 710. The first-order chi connectivity index (χ1) is 11.8. The smallest absolute Gasteiger partial charge is 0.186 e. The van der Waals surface area contributed by atoms with Gasteiger partial charge in [-0.3, -0.25) is 0 Å². The molecule has 0 unspecified atom stereocenters. The molecule has 2 fully saturated rings. The maximum Gasteiger partial charge on any atom is 0.186 e. The van der Waals surface area contributed by atoms with E-state index in [0.717, 1.165) is 29.9 Å². The summed E-state index contributed by atoms with van der Waals surface area (Å²) in [5.74, 6) is 0.965. The van der Waals surface area contributed by atoms with E-state index in [1.165, 1.54) is 6.42 Å². The molecule has 25 heavy (non-hydrogen) atoms. The van der Waals surface area contributed by atoms with Crippen LogP contribution >= 0.6 is 0 Å². The molecule has 2 aliphatic heterocycles. The average Bonchev–Trinajstić information content (AvgIpc) is 2.88. The molecule has 1 saturated heterocycles. The van der Waals surface area contributed by atoms with Crippen molar-refractivity contribution in [2.75, 3.05) is 14.2 Å². The monoisotopic (exact) mass is 344 g/mol. The summed E-state index contributed by atoms with van der Waals surface area (Å²) in [7, 11) is 3.38. The van der Waals surface area contributed by atoms with E-state index in [1.807, 2.05) is 18.2 Å². The first-order valence-electron chi connectivity index (χ1n) is 9.19. The number of hydrogen-bond acceptors (Lipinski definition) is 4. The summed E-state index contributed by atoms with van der Waals surface area (Å²) >= 11 is 0. The highest BCUT2D eigenvalue weighted by Gasteiger charge is 2.64. The van der Waals surface area contributed by atoms with Gasteiger partial charge in [0.2, 0.25) is 0 Å². The Morgan fingerprint density at radius 1 is 1.16 bits per heavy atom. The van der Waals surface area contributed by atoms with Crippen molar-refractivity contribution in [3.63, 3.8) is 0 Å². The van der Waals surface area contributed by atoms with Gasteiger partial charge in [-0.1, -0.05) is 26.3 Å². The van der Waals surface area contributed by atoms with Gasteiger partial charge < -0.3 is 19.3 Å². The van der Waals surface area contributed by atoms with E-state index in [1.54, 1.807) is 14.2 Å². The van der Waals surface area contributed by atoms with E-state index >= 15 is 0 Å². The molecule has 1 saturated carbocycles. The quantitative estimate of drug-likeness (QED) is 0.841. The SMILES string of the molecule is COc1ccc(OC)c([C@H]2C[C@]3(O)C=C[C@@]4(O3)[C@@H]2CCCC4(C)C)c1. The Morgan fingerprint density at radius 2 is 1.96 bits per heavy atom. The second-order valence-corrected chi connectivity index (χ2v) is 8.37. The van der Waals surface area contributed by atoms with Gasteiger partial charge in [0.25, 0.3) is 0 Å². The molecule has 1 aromatic carbocycles. The summed E-state index contributed by atoms with van der Waals surface area (Å²) in [5.41, 5.74) is 0.679. The molecule has 3 aliphatic rings. The fourth-order valence-electron chi connectivity index (χ4n) is 5.38. The lowest BCUT2D eigenvalue weighted by Gasteiger charge is -2.58. The number of ether oxygens (including phenoxy) is 3. The van der Waals surface area contributed by atoms with Crippen molar-refractivity contribution in [3.05, 3.63) is 35.9 Å². The van der Waals surface area contributed by atoms with Gasteiger partial charge >= 0.3 is 0 Å². The van der Waals surface area contributed by atoms with Crippen LogP contribution in [0, 0.1) is 11.3 Å². The van der Waals surface area contributed by atoms with Crippen LogP contribution < -0.4 is 9.47 Å². The zero-order chi connectivity index (χ0) is 17.9. The van der Waals surface area contributed by atoms with E-state index in [9.17, 15) is 5.11 Å². The molecule has 1 aliphatic carbocycles. The highest BCUT2D eigenvalue weighted by molar-refractivity contribution is 5.45. The largest absolute Gasteiger partial charge is 0.497 e. The fraction of sp³-hybridized carbons (Fsp3) is 0.619. The Hall–Kier alpha value is -1.52. The van der Waals surface area contributed by atoms with Gasteiger partial charge in [-0.15, -0.1) is 0 Å². The lowest BCUT2D eigenvalue weighted by atomic mass is 9.55. The third-order valence-corrected chi connectivity index (χ3v) is 6.70. The summed E-state index contributed by atoms with van der Waals surface area (Å²) in [6, 6.07) is 5.94. The van der Waals surface area contributed by atoms with Crippen LogP contribution in [0.3, 0.4) is 0 Å². The molecule has 4 atom stereocenters. The van der Waals surface area contributed by atoms with Crippen LogP contribution in [-0.4, -0.2) is 30.7 Å². The van der Waals surface area contributed by atoms with E-state index in [4.69, 9.17) is 14.2 Å². The van der Waals surface area contributed by atoms with E-state index in [2.05, 4.69) is 26.0 Å². The highest BCUT2D eigenvalue weighted by Crippen LogP contribution is 2.63. The second kappa shape index (κ2) is 5.49. The zero-order valence-corrected chi connectivity index (χ0v) is 15.5. The fourth-order valence-corrected chi connectivity index (χ4v) is 5.38. The molecule has 1 spiro atoms. The molecule has 0 aromatic heterocycles. The summed E-state index contributed by atoms with van der Waals surface area (Å²) in [5, 5.41) is 11.0. The topological polar surface area (TPSA) is 47.9 Å². The van der Waals surface area contributed by atoms with Crippen LogP contribution in [0.1, 0.15) is 51.0 Å². The molecular formula is C21H28O4. The molecule has 2 bridgehead atoms. The van der Waals surface area contributed by atoms with Crippen LogP contribution in [0.2, 0.25) is 0 Å². The predicted octanol–water partition coefficient (Wildman–Crippen LogP) is 4.03. The Kier molecular flexibility index (Phi) is 3.71. The van der Waals surface area contributed by atoms with Gasteiger partial charge in [-0.2, -0.15) is 0 Å². The average molecular weight is 344 g/mol. The molecule has 0 radical (unpaired) electrons.